The van der Waals surface area contributed by atoms with Crippen molar-refractivity contribution in [2.24, 2.45) is 18.7 Å². The summed E-state index contributed by atoms with van der Waals surface area (Å²) >= 11 is 0. The van der Waals surface area contributed by atoms with Crippen LogP contribution in [0.15, 0.2) is 6.20 Å². The Labute approximate surface area is 102 Å². The van der Waals surface area contributed by atoms with E-state index in [2.05, 4.69) is 24.3 Å². The van der Waals surface area contributed by atoms with Crippen molar-refractivity contribution in [2.75, 3.05) is 6.54 Å². The molecule has 0 fully saturated rings. The Bertz CT molecular complexity index is 384. The van der Waals surface area contributed by atoms with Crippen LogP contribution in [0.1, 0.15) is 36.3 Å². The van der Waals surface area contributed by atoms with Crippen LogP contribution in [0.4, 0.5) is 0 Å². The van der Waals surface area contributed by atoms with Gasteiger partial charge in [-0.2, -0.15) is 5.10 Å². The normalized spacial score (nSPS) is 12.8. The van der Waals surface area contributed by atoms with Gasteiger partial charge in [-0.05, 0) is 19.3 Å². The van der Waals surface area contributed by atoms with Crippen LogP contribution in [0.3, 0.4) is 0 Å². The van der Waals surface area contributed by atoms with E-state index in [1.165, 1.54) is 0 Å². The smallest absolute Gasteiger partial charge is 0.255 e. The SMILES string of the molecule is Cc1nn(C)cc1C(=O)NC(CN)CC(C)C. The second-order valence-electron chi connectivity index (χ2n) is 4.84. The number of nitrogens with two attached hydrogens (primary N) is 1. The lowest BCUT2D eigenvalue weighted by atomic mass is 10.0. The topological polar surface area (TPSA) is 72.9 Å². The average Bonchev–Trinajstić information content (AvgIpc) is 2.56. The van der Waals surface area contributed by atoms with Crippen LogP contribution in [0.5, 0.6) is 0 Å². The van der Waals surface area contributed by atoms with E-state index in [9.17, 15) is 4.79 Å². The van der Waals surface area contributed by atoms with Gasteiger partial charge in [0.2, 0.25) is 0 Å². The molecule has 0 bridgehead atoms. The molecule has 5 nitrogen and oxygen atoms in total. The van der Waals surface area contributed by atoms with Gasteiger partial charge in [0.1, 0.15) is 0 Å². The molecule has 1 atom stereocenters. The van der Waals surface area contributed by atoms with E-state index in [4.69, 9.17) is 5.73 Å². The summed E-state index contributed by atoms with van der Waals surface area (Å²) in [5.74, 6) is 0.422. The van der Waals surface area contributed by atoms with Crippen LogP contribution in [0.2, 0.25) is 0 Å². The summed E-state index contributed by atoms with van der Waals surface area (Å²) in [6, 6.07) is 0.0297. The Balaban J connectivity index is 2.67. The number of amides is 1. The van der Waals surface area contributed by atoms with Crippen molar-refractivity contribution in [3.8, 4) is 0 Å². The van der Waals surface area contributed by atoms with E-state index in [1.807, 2.05) is 6.92 Å². The standard InChI is InChI=1S/C12H22N4O/c1-8(2)5-10(6-13)14-12(17)11-7-16(4)15-9(11)3/h7-8,10H,5-6,13H2,1-4H3,(H,14,17). The van der Waals surface area contributed by atoms with Gasteiger partial charge in [-0.3, -0.25) is 9.48 Å². The van der Waals surface area contributed by atoms with E-state index >= 15 is 0 Å². The van der Waals surface area contributed by atoms with Crippen LogP contribution in [0, 0.1) is 12.8 Å². The lowest BCUT2D eigenvalue weighted by molar-refractivity contribution is 0.0933. The predicted octanol–water partition coefficient (Wildman–Crippen LogP) is 0.832. The van der Waals surface area contributed by atoms with Gasteiger partial charge >= 0.3 is 0 Å². The van der Waals surface area contributed by atoms with Gasteiger partial charge in [0.25, 0.3) is 5.91 Å². The van der Waals surface area contributed by atoms with Gasteiger partial charge in [0.15, 0.2) is 0 Å². The van der Waals surface area contributed by atoms with Gasteiger partial charge in [-0.25, -0.2) is 0 Å². The minimum Gasteiger partial charge on any atom is -0.348 e. The first kappa shape index (κ1) is 13.7. The van der Waals surface area contributed by atoms with Gasteiger partial charge in [0, 0.05) is 25.8 Å². The van der Waals surface area contributed by atoms with Gasteiger partial charge < -0.3 is 11.1 Å². The Kier molecular flexibility index (Phi) is 4.69. The third-order valence-corrected chi connectivity index (χ3v) is 2.63. The van der Waals surface area contributed by atoms with E-state index in [0.717, 1.165) is 12.1 Å². The number of carbonyl (C=O) groups excluding carboxylic acids is 1. The number of hydrogen-bond donors (Lipinski definition) is 2. The molecule has 1 aromatic heterocycles. The lowest BCUT2D eigenvalue weighted by Gasteiger charge is -2.18. The summed E-state index contributed by atoms with van der Waals surface area (Å²) in [6.07, 6.45) is 2.62. The molecule has 1 heterocycles. The number of hydrogen-bond acceptors (Lipinski definition) is 3. The molecule has 5 heteroatoms. The Morgan fingerprint density at radius 2 is 2.24 bits per heavy atom. The maximum atomic E-state index is 12.0. The van der Waals surface area contributed by atoms with E-state index in [-0.39, 0.29) is 11.9 Å². The van der Waals surface area contributed by atoms with Crippen LogP contribution < -0.4 is 11.1 Å². The van der Waals surface area contributed by atoms with Crippen LogP contribution in [0.25, 0.3) is 0 Å². The fourth-order valence-electron chi connectivity index (χ4n) is 1.87. The fourth-order valence-corrected chi connectivity index (χ4v) is 1.87. The molecule has 0 aliphatic rings. The van der Waals surface area contributed by atoms with Crippen molar-refractivity contribution < 1.29 is 4.79 Å². The molecule has 0 spiro atoms. The first-order valence-electron chi connectivity index (χ1n) is 5.95. The number of nitrogens with zero attached hydrogens (tertiary/aromatic N) is 2. The lowest BCUT2D eigenvalue weighted by Crippen LogP contribution is -2.41. The summed E-state index contributed by atoms with van der Waals surface area (Å²) in [7, 11) is 1.80. The number of nitrogens with one attached hydrogen (secondary N) is 1. The number of aromatic nitrogens is 2. The summed E-state index contributed by atoms with van der Waals surface area (Å²) in [4.78, 5) is 12.0. The largest absolute Gasteiger partial charge is 0.348 e. The molecule has 3 N–H and O–H groups in total. The quantitative estimate of drug-likeness (QED) is 0.798. The molecule has 0 saturated heterocycles. The van der Waals surface area contributed by atoms with Crippen LogP contribution >= 0.6 is 0 Å². The highest BCUT2D eigenvalue weighted by Gasteiger charge is 2.17. The molecule has 0 aromatic carbocycles. The molecule has 96 valence electrons. The minimum atomic E-state index is -0.0910. The minimum absolute atomic E-state index is 0.0297. The molecular weight excluding hydrogens is 216 g/mol. The predicted molar refractivity (Wildman–Crippen MR) is 67.7 cm³/mol. The summed E-state index contributed by atoms with van der Waals surface area (Å²) < 4.78 is 1.64. The van der Waals surface area contributed by atoms with E-state index < -0.39 is 0 Å². The highest BCUT2D eigenvalue weighted by molar-refractivity contribution is 5.95. The average molecular weight is 238 g/mol. The monoisotopic (exact) mass is 238 g/mol. The highest BCUT2D eigenvalue weighted by atomic mass is 16.1. The molecular formula is C12H22N4O. The van der Waals surface area contributed by atoms with Gasteiger partial charge in [-0.1, -0.05) is 13.8 Å². The summed E-state index contributed by atoms with van der Waals surface area (Å²) in [5, 5.41) is 7.10. The van der Waals surface area contributed by atoms with E-state index in [1.54, 1.807) is 17.9 Å². The number of carbonyl (C=O) groups is 1. The molecule has 1 aromatic rings. The Hall–Kier alpha value is -1.36. The Morgan fingerprint density at radius 3 is 2.65 bits per heavy atom. The van der Waals surface area contributed by atoms with Crippen molar-refractivity contribution in [2.45, 2.75) is 33.2 Å². The first-order valence-corrected chi connectivity index (χ1v) is 5.95. The van der Waals surface area contributed by atoms with Gasteiger partial charge in [0.05, 0.1) is 11.3 Å². The fraction of sp³-hybridized carbons (Fsp3) is 0.667. The molecule has 1 rings (SSSR count). The molecule has 0 saturated carbocycles. The van der Waals surface area contributed by atoms with Crippen molar-refractivity contribution in [3.05, 3.63) is 17.5 Å². The van der Waals surface area contributed by atoms with E-state index in [0.29, 0.717) is 18.0 Å². The molecule has 0 radical (unpaired) electrons. The van der Waals surface area contributed by atoms with Crippen molar-refractivity contribution >= 4 is 5.91 Å². The molecule has 1 amide bonds. The second-order valence-corrected chi connectivity index (χ2v) is 4.84. The van der Waals surface area contributed by atoms with Crippen LogP contribution in [-0.4, -0.2) is 28.3 Å². The zero-order valence-electron chi connectivity index (χ0n) is 11.0. The van der Waals surface area contributed by atoms with Crippen molar-refractivity contribution in [1.82, 2.24) is 15.1 Å². The summed E-state index contributed by atoms with van der Waals surface area (Å²) in [6.45, 7) is 6.52. The molecule has 0 aliphatic carbocycles. The van der Waals surface area contributed by atoms with Crippen LogP contribution in [-0.2, 0) is 7.05 Å². The number of aryl methyl sites for hydroxylation is 2. The van der Waals surface area contributed by atoms with Gasteiger partial charge in [-0.15, -0.1) is 0 Å². The maximum Gasteiger partial charge on any atom is 0.255 e. The first-order chi connectivity index (χ1) is 7.93. The number of rotatable bonds is 5. The summed E-state index contributed by atoms with van der Waals surface area (Å²) in [5.41, 5.74) is 7.02. The molecule has 1 unspecified atom stereocenters. The zero-order chi connectivity index (χ0) is 13.0. The highest BCUT2D eigenvalue weighted by Crippen LogP contribution is 2.07. The molecule has 17 heavy (non-hydrogen) atoms. The maximum absolute atomic E-state index is 12.0. The molecule has 0 aliphatic heterocycles. The Morgan fingerprint density at radius 1 is 1.59 bits per heavy atom. The van der Waals surface area contributed by atoms with Crippen molar-refractivity contribution in [3.63, 3.8) is 0 Å². The third-order valence-electron chi connectivity index (χ3n) is 2.63. The third kappa shape index (κ3) is 3.85. The second kappa shape index (κ2) is 5.82. The zero-order valence-corrected chi connectivity index (χ0v) is 11.0. The van der Waals surface area contributed by atoms with Crippen molar-refractivity contribution in [1.29, 1.82) is 0 Å².